The first kappa shape index (κ1) is 19.0. The molecule has 2 saturated heterocycles. The van der Waals surface area contributed by atoms with E-state index in [-0.39, 0.29) is 56.4 Å². The van der Waals surface area contributed by atoms with E-state index in [2.05, 4.69) is 10.6 Å². The number of carbonyl (C=O) groups excluding carboxylic acids is 4. The summed E-state index contributed by atoms with van der Waals surface area (Å²) < 4.78 is 0. The van der Waals surface area contributed by atoms with Gasteiger partial charge in [0, 0.05) is 26.2 Å². The van der Waals surface area contributed by atoms with Gasteiger partial charge in [0.1, 0.15) is 0 Å². The molecule has 11 heteroatoms. The number of imide groups is 2. The van der Waals surface area contributed by atoms with Crippen molar-refractivity contribution in [3.8, 4) is 0 Å². The van der Waals surface area contributed by atoms with Gasteiger partial charge in [-0.1, -0.05) is 0 Å². The van der Waals surface area contributed by atoms with Gasteiger partial charge < -0.3 is 5.11 Å². The largest absolute Gasteiger partial charge is 0.480 e. The zero-order chi connectivity index (χ0) is 18.4. The van der Waals surface area contributed by atoms with E-state index in [0.29, 0.717) is 26.2 Å². The van der Waals surface area contributed by atoms with E-state index >= 15 is 0 Å². The monoisotopic (exact) mass is 355 g/mol. The minimum absolute atomic E-state index is 0.0907. The van der Waals surface area contributed by atoms with Gasteiger partial charge in [0.2, 0.25) is 23.6 Å². The van der Waals surface area contributed by atoms with E-state index in [1.54, 1.807) is 14.7 Å². The lowest BCUT2D eigenvalue weighted by Gasteiger charge is -2.30. The topological polar surface area (TPSA) is 139 Å². The lowest BCUT2D eigenvalue weighted by molar-refractivity contribution is -0.140. The van der Waals surface area contributed by atoms with Gasteiger partial charge in [-0.15, -0.1) is 0 Å². The zero-order valence-corrected chi connectivity index (χ0v) is 13.7. The van der Waals surface area contributed by atoms with Gasteiger partial charge in [-0.05, 0) is 0 Å². The summed E-state index contributed by atoms with van der Waals surface area (Å²) in [6.07, 6.45) is 0. The number of amides is 4. The highest BCUT2D eigenvalue weighted by atomic mass is 16.4. The lowest BCUT2D eigenvalue weighted by Crippen LogP contribution is -2.54. The second-order valence-corrected chi connectivity index (χ2v) is 6.03. The molecule has 2 rings (SSSR count). The van der Waals surface area contributed by atoms with Crippen LogP contribution in [0.25, 0.3) is 0 Å². The van der Waals surface area contributed by atoms with E-state index in [1.165, 1.54) is 0 Å². The van der Waals surface area contributed by atoms with E-state index in [9.17, 15) is 24.0 Å². The average molecular weight is 355 g/mol. The molecule has 0 atom stereocenters. The number of nitrogens with zero attached hydrogens (tertiary/aromatic N) is 3. The van der Waals surface area contributed by atoms with Crippen LogP contribution in [0.4, 0.5) is 0 Å². The van der Waals surface area contributed by atoms with Crippen LogP contribution in [0.5, 0.6) is 0 Å². The summed E-state index contributed by atoms with van der Waals surface area (Å²) >= 11 is 0. The van der Waals surface area contributed by atoms with E-state index < -0.39 is 5.97 Å². The summed E-state index contributed by atoms with van der Waals surface area (Å²) in [6, 6.07) is 0. The Labute approximate surface area is 143 Å². The molecule has 11 nitrogen and oxygen atoms in total. The fourth-order valence-electron chi connectivity index (χ4n) is 2.74. The second kappa shape index (κ2) is 8.65. The second-order valence-electron chi connectivity index (χ2n) is 6.03. The molecule has 138 valence electrons. The highest BCUT2D eigenvalue weighted by Crippen LogP contribution is 2.00. The molecule has 0 saturated carbocycles. The Hall–Kier alpha value is -2.37. The minimum atomic E-state index is -1.00. The molecule has 3 N–H and O–H groups in total. The number of piperazine rings is 2. The summed E-state index contributed by atoms with van der Waals surface area (Å²) in [5, 5.41) is 13.4. The third-order valence-electron chi connectivity index (χ3n) is 3.85. The molecule has 0 aromatic carbocycles. The first-order valence-electron chi connectivity index (χ1n) is 7.86. The number of carbonyl (C=O) groups is 5. The van der Waals surface area contributed by atoms with Crippen molar-refractivity contribution < 1.29 is 29.1 Å². The fraction of sp³-hybridized carbons (Fsp3) is 0.643. The molecule has 2 heterocycles. The minimum Gasteiger partial charge on any atom is -0.480 e. The summed E-state index contributed by atoms with van der Waals surface area (Å²) in [7, 11) is 0. The number of aliphatic carboxylic acids is 1. The Morgan fingerprint density at radius 2 is 1.20 bits per heavy atom. The van der Waals surface area contributed by atoms with Gasteiger partial charge in [0.05, 0.1) is 32.7 Å². The number of carboxylic acids is 1. The zero-order valence-electron chi connectivity index (χ0n) is 13.7. The van der Waals surface area contributed by atoms with Gasteiger partial charge in [0.15, 0.2) is 0 Å². The summed E-state index contributed by atoms with van der Waals surface area (Å²) in [4.78, 5) is 61.3. The van der Waals surface area contributed by atoms with E-state index in [0.717, 1.165) is 0 Å². The first-order valence-corrected chi connectivity index (χ1v) is 7.86. The highest BCUT2D eigenvalue weighted by Gasteiger charge is 2.25. The van der Waals surface area contributed by atoms with Crippen LogP contribution < -0.4 is 10.6 Å². The fourth-order valence-corrected chi connectivity index (χ4v) is 2.74. The van der Waals surface area contributed by atoms with Crippen LogP contribution in [0.15, 0.2) is 0 Å². The number of hydrogen-bond acceptors (Lipinski definition) is 8. The molecule has 25 heavy (non-hydrogen) atoms. The van der Waals surface area contributed by atoms with Gasteiger partial charge in [-0.3, -0.25) is 49.3 Å². The smallest absolute Gasteiger partial charge is 0.317 e. The predicted molar refractivity (Wildman–Crippen MR) is 83.3 cm³/mol. The van der Waals surface area contributed by atoms with Crippen molar-refractivity contribution in [1.82, 2.24) is 25.3 Å². The number of hydrogen-bond donors (Lipinski definition) is 3. The molecule has 0 aliphatic carbocycles. The Bertz CT molecular complexity index is 506. The third kappa shape index (κ3) is 6.57. The Kier molecular flexibility index (Phi) is 6.56. The van der Waals surface area contributed by atoms with Gasteiger partial charge >= 0.3 is 5.97 Å². The van der Waals surface area contributed by atoms with Crippen LogP contribution in [-0.4, -0.2) is 108 Å². The van der Waals surface area contributed by atoms with Crippen LogP contribution in [0.1, 0.15) is 0 Å². The Balaban J connectivity index is 1.82. The number of carboxylic acid groups (broad SMARTS) is 1. The van der Waals surface area contributed by atoms with Crippen LogP contribution in [0.2, 0.25) is 0 Å². The number of rotatable bonds is 8. The molecule has 2 fully saturated rings. The molecule has 0 spiro atoms. The molecular formula is C14H21N5O6. The standard InChI is InChI=1S/C14H21N5O6/c20-10-5-18(6-11(21)15-10)3-1-17(9-14(24)25)2-4-19-7-12(22)16-13(23)8-19/h1-9H2,(H,24,25)(H,15,20,21)(H,16,22,23). The summed E-state index contributed by atoms with van der Waals surface area (Å²) in [6.45, 7) is 1.59. The van der Waals surface area contributed by atoms with Crippen molar-refractivity contribution >= 4 is 29.6 Å². The quantitative estimate of drug-likeness (QED) is 0.375. The summed E-state index contributed by atoms with van der Waals surface area (Å²) in [5.41, 5.74) is 0. The molecule has 0 aromatic heterocycles. The maximum atomic E-state index is 11.3. The number of nitrogens with one attached hydrogen (secondary N) is 2. The van der Waals surface area contributed by atoms with Crippen molar-refractivity contribution in [3.63, 3.8) is 0 Å². The van der Waals surface area contributed by atoms with Crippen LogP contribution in [0.3, 0.4) is 0 Å². The van der Waals surface area contributed by atoms with E-state index in [1.807, 2.05) is 0 Å². The third-order valence-corrected chi connectivity index (χ3v) is 3.85. The Morgan fingerprint density at radius 3 is 1.52 bits per heavy atom. The predicted octanol–water partition coefficient (Wildman–Crippen LogP) is -3.71. The molecule has 4 amide bonds. The molecule has 0 aromatic rings. The molecule has 2 aliphatic heterocycles. The van der Waals surface area contributed by atoms with Crippen molar-refractivity contribution in [2.45, 2.75) is 0 Å². The lowest BCUT2D eigenvalue weighted by atomic mass is 10.3. The first-order chi connectivity index (χ1) is 11.8. The summed E-state index contributed by atoms with van der Waals surface area (Å²) in [5.74, 6) is -2.50. The van der Waals surface area contributed by atoms with Gasteiger partial charge in [0.25, 0.3) is 0 Å². The van der Waals surface area contributed by atoms with Crippen molar-refractivity contribution in [3.05, 3.63) is 0 Å². The Morgan fingerprint density at radius 1 is 0.840 bits per heavy atom. The van der Waals surface area contributed by atoms with Crippen LogP contribution in [-0.2, 0) is 24.0 Å². The maximum absolute atomic E-state index is 11.3. The van der Waals surface area contributed by atoms with Crippen molar-refractivity contribution in [2.75, 3.05) is 58.9 Å². The van der Waals surface area contributed by atoms with Gasteiger partial charge in [-0.2, -0.15) is 0 Å². The van der Waals surface area contributed by atoms with Crippen LogP contribution in [0, 0.1) is 0 Å². The highest BCUT2D eigenvalue weighted by molar-refractivity contribution is 5.99. The molecule has 0 radical (unpaired) electrons. The van der Waals surface area contributed by atoms with Crippen molar-refractivity contribution in [1.29, 1.82) is 0 Å². The molecule has 2 aliphatic rings. The maximum Gasteiger partial charge on any atom is 0.317 e. The van der Waals surface area contributed by atoms with E-state index in [4.69, 9.17) is 5.11 Å². The van der Waals surface area contributed by atoms with Crippen LogP contribution >= 0.6 is 0 Å². The SMILES string of the molecule is O=C(O)CN(CCN1CC(=O)NC(=O)C1)CCN1CC(=O)NC(=O)C1. The van der Waals surface area contributed by atoms with Crippen molar-refractivity contribution in [2.24, 2.45) is 0 Å². The van der Waals surface area contributed by atoms with Gasteiger partial charge in [-0.25, -0.2) is 0 Å². The molecule has 0 bridgehead atoms. The molecular weight excluding hydrogens is 334 g/mol. The normalized spacial score (nSPS) is 19.9. The molecule has 0 unspecified atom stereocenters. The average Bonchev–Trinajstić information content (AvgIpc) is 2.47.